The highest BCUT2D eigenvalue weighted by Gasteiger charge is 2.36. The van der Waals surface area contributed by atoms with Gasteiger partial charge in [-0.05, 0) is 11.6 Å². The number of esters is 1. The number of carbonyl (C=O) groups excluding carboxylic acids is 3. The molecule has 0 aliphatic carbocycles. The van der Waals surface area contributed by atoms with E-state index < -0.39 is 11.9 Å². The fourth-order valence-electron chi connectivity index (χ4n) is 3.09. The first kappa shape index (κ1) is 17.0. The summed E-state index contributed by atoms with van der Waals surface area (Å²) in [5.41, 5.74) is 2.08. The first-order chi connectivity index (χ1) is 12.0. The maximum Gasteiger partial charge on any atom is 0.337 e. The fourth-order valence-corrected chi connectivity index (χ4v) is 3.09. The standard InChI is InChI=1S/C17H19N3O5/c1-19-8-10-4-3-5-12(13(10)15(19)22)18-14-11(17(24)25-2)9-20(6-7-21)16(14)23/h3-5,18,21H,6-9H2,1-2H3. The number of ether oxygens (including phenoxy) is 1. The number of hydrogen-bond donors (Lipinski definition) is 2. The van der Waals surface area contributed by atoms with Crippen molar-refractivity contribution in [1.29, 1.82) is 0 Å². The van der Waals surface area contributed by atoms with Gasteiger partial charge in [-0.3, -0.25) is 9.59 Å². The van der Waals surface area contributed by atoms with Crippen LogP contribution >= 0.6 is 0 Å². The van der Waals surface area contributed by atoms with Crippen LogP contribution in [0.4, 0.5) is 5.69 Å². The molecule has 8 nitrogen and oxygen atoms in total. The van der Waals surface area contributed by atoms with Gasteiger partial charge < -0.3 is 25.0 Å². The summed E-state index contributed by atoms with van der Waals surface area (Å²) in [6, 6.07) is 5.34. The van der Waals surface area contributed by atoms with Gasteiger partial charge in [0, 0.05) is 20.1 Å². The smallest absolute Gasteiger partial charge is 0.337 e. The van der Waals surface area contributed by atoms with Crippen molar-refractivity contribution in [2.24, 2.45) is 0 Å². The predicted octanol–water partition coefficient (Wildman–Crippen LogP) is -0.0543. The second-order valence-electron chi connectivity index (χ2n) is 5.92. The molecule has 132 valence electrons. The summed E-state index contributed by atoms with van der Waals surface area (Å²) in [5.74, 6) is -1.17. The number of β-amino-alcohol motifs (C(OH)–C–C–N with tert-alkyl or cyclic N) is 1. The number of nitrogens with one attached hydrogen (secondary N) is 1. The number of methoxy groups -OCH3 is 1. The lowest BCUT2D eigenvalue weighted by Gasteiger charge is -2.15. The average Bonchev–Trinajstić information content (AvgIpc) is 3.06. The number of amides is 2. The molecule has 2 amide bonds. The molecule has 0 fully saturated rings. The summed E-state index contributed by atoms with van der Waals surface area (Å²) in [4.78, 5) is 39.9. The average molecular weight is 345 g/mol. The summed E-state index contributed by atoms with van der Waals surface area (Å²) in [6.07, 6.45) is 0. The van der Waals surface area contributed by atoms with Crippen LogP contribution in [0.3, 0.4) is 0 Å². The van der Waals surface area contributed by atoms with Gasteiger partial charge in [0.25, 0.3) is 11.8 Å². The van der Waals surface area contributed by atoms with Gasteiger partial charge in [-0.25, -0.2) is 4.79 Å². The van der Waals surface area contributed by atoms with Crippen LogP contribution in [0.1, 0.15) is 15.9 Å². The number of hydrogen-bond acceptors (Lipinski definition) is 6. The van der Waals surface area contributed by atoms with Crippen molar-refractivity contribution in [1.82, 2.24) is 9.80 Å². The maximum atomic E-state index is 12.6. The Morgan fingerprint density at radius 2 is 2.04 bits per heavy atom. The van der Waals surface area contributed by atoms with E-state index in [9.17, 15) is 14.4 Å². The Hall–Kier alpha value is -2.87. The van der Waals surface area contributed by atoms with Gasteiger partial charge in [0.1, 0.15) is 5.70 Å². The minimum atomic E-state index is -0.618. The lowest BCUT2D eigenvalue weighted by Crippen LogP contribution is -2.31. The van der Waals surface area contributed by atoms with E-state index in [2.05, 4.69) is 5.32 Å². The van der Waals surface area contributed by atoms with E-state index in [1.807, 2.05) is 6.07 Å². The van der Waals surface area contributed by atoms with Gasteiger partial charge in [-0.15, -0.1) is 0 Å². The summed E-state index contributed by atoms with van der Waals surface area (Å²) >= 11 is 0. The Kier molecular flexibility index (Phi) is 4.45. The van der Waals surface area contributed by atoms with Crippen LogP contribution in [-0.2, 0) is 20.9 Å². The summed E-state index contributed by atoms with van der Waals surface area (Å²) in [6.45, 7) is 0.449. The van der Waals surface area contributed by atoms with Crippen molar-refractivity contribution in [3.63, 3.8) is 0 Å². The van der Waals surface area contributed by atoms with Crippen LogP contribution < -0.4 is 5.32 Å². The Bertz CT molecular complexity index is 786. The van der Waals surface area contributed by atoms with Crippen molar-refractivity contribution >= 4 is 23.5 Å². The van der Waals surface area contributed by atoms with Crippen molar-refractivity contribution in [3.8, 4) is 0 Å². The first-order valence-corrected chi connectivity index (χ1v) is 7.84. The molecule has 0 aromatic heterocycles. The molecule has 2 aliphatic rings. The number of rotatable bonds is 5. The fraction of sp³-hybridized carbons (Fsp3) is 0.353. The van der Waals surface area contributed by atoms with E-state index in [1.165, 1.54) is 12.0 Å². The molecule has 0 saturated heterocycles. The van der Waals surface area contributed by atoms with Gasteiger partial charge in [0.15, 0.2) is 0 Å². The van der Waals surface area contributed by atoms with E-state index in [-0.39, 0.29) is 36.9 Å². The second kappa shape index (κ2) is 6.56. The molecule has 3 rings (SSSR count). The SMILES string of the molecule is COC(=O)C1=C(Nc2cccc3c2C(=O)N(C)C3)C(=O)N(CCO)C1. The largest absolute Gasteiger partial charge is 0.466 e. The van der Waals surface area contributed by atoms with E-state index in [1.54, 1.807) is 24.1 Å². The number of nitrogens with zero attached hydrogens (tertiary/aromatic N) is 2. The van der Waals surface area contributed by atoms with E-state index in [0.717, 1.165) is 5.56 Å². The molecular formula is C17H19N3O5. The Morgan fingerprint density at radius 1 is 1.28 bits per heavy atom. The second-order valence-corrected chi connectivity index (χ2v) is 5.92. The molecule has 25 heavy (non-hydrogen) atoms. The number of aliphatic hydroxyl groups is 1. The molecule has 0 radical (unpaired) electrons. The highest BCUT2D eigenvalue weighted by Crippen LogP contribution is 2.31. The highest BCUT2D eigenvalue weighted by molar-refractivity contribution is 6.10. The normalized spacial score (nSPS) is 16.6. The zero-order valence-electron chi connectivity index (χ0n) is 14.0. The van der Waals surface area contributed by atoms with E-state index in [4.69, 9.17) is 9.84 Å². The van der Waals surface area contributed by atoms with E-state index in [0.29, 0.717) is 17.8 Å². The monoisotopic (exact) mass is 345 g/mol. The van der Waals surface area contributed by atoms with Gasteiger partial charge in [0.05, 0.1) is 37.1 Å². The third-order valence-electron chi connectivity index (χ3n) is 4.33. The quantitative estimate of drug-likeness (QED) is 0.726. The molecule has 2 N–H and O–H groups in total. The number of fused-ring (bicyclic) bond motifs is 1. The molecule has 1 aromatic rings. The minimum absolute atomic E-state index is 0.0529. The van der Waals surface area contributed by atoms with Gasteiger partial charge >= 0.3 is 5.97 Å². The van der Waals surface area contributed by atoms with Crippen LogP contribution in [0.5, 0.6) is 0 Å². The molecule has 0 unspecified atom stereocenters. The molecule has 0 atom stereocenters. The van der Waals surface area contributed by atoms with Crippen molar-refractivity contribution in [3.05, 3.63) is 40.6 Å². The number of anilines is 1. The molecule has 0 bridgehead atoms. The topological polar surface area (TPSA) is 99.2 Å². The zero-order chi connectivity index (χ0) is 18.1. The molecule has 2 aliphatic heterocycles. The van der Waals surface area contributed by atoms with Crippen LogP contribution in [-0.4, -0.2) is 66.5 Å². The Morgan fingerprint density at radius 3 is 2.72 bits per heavy atom. The zero-order valence-corrected chi connectivity index (χ0v) is 14.0. The molecule has 0 spiro atoms. The van der Waals surface area contributed by atoms with Crippen molar-refractivity contribution < 1.29 is 24.2 Å². The summed E-state index contributed by atoms with van der Waals surface area (Å²) in [5, 5.41) is 12.0. The van der Waals surface area contributed by atoms with Gasteiger partial charge in [0.2, 0.25) is 0 Å². The maximum absolute atomic E-state index is 12.6. The molecule has 2 heterocycles. The summed E-state index contributed by atoms with van der Waals surface area (Å²) in [7, 11) is 2.94. The third kappa shape index (κ3) is 2.85. The van der Waals surface area contributed by atoms with Crippen LogP contribution in [0.15, 0.2) is 29.5 Å². The highest BCUT2D eigenvalue weighted by atomic mass is 16.5. The van der Waals surface area contributed by atoms with Crippen molar-refractivity contribution in [2.75, 3.05) is 39.2 Å². The van der Waals surface area contributed by atoms with Gasteiger partial charge in [-0.2, -0.15) is 0 Å². The van der Waals surface area contributed by atoms with E-state index >= 15 is 0 Å². The molecule has 0 saturated carbocycles. The lowest BCUT2D eigenvalue weighted by atomic mass is 10.1. The van der Waals surface area contributed by atoms with Crippen molar-refractivity contribution in [2.45, 2.75) is 6.54 Å². The lowest BCUT2D eigenvalue weighted by molar-refractivity contribution is -0.136. The minimum Gasteiger partial charge on any atom is -0.466 e. The number of carbonyl (C=O) groups is 3. The molecule has 1 aromatic carbocycles. The summed E-state index contributed by atoms with van der Waals surface area (Å²) < 4.78 is 4.75. The Labute approximate surface area is 144 Å². The van der Waals surface area contributed by atoms with Gasteiger partial charge in [-0.1, -0.05) is 12.1 Å². The van der Waals surface area contributed by atoms with Crippen LogP contribution in [0.2, 0.25) is 0 Å². The number of benzene rings is 1. The predicted molar refractivity (Wildman–Crippen MR) is 88.6 cm³/mol. The van der Waals surface area contributed by atoms with Crippen LogP contribution in [0, 0.1) is 0 Å². The molecule has 8 heteroatoms. The third-order valence-corrected chi connectivity index (χ3v) is 4.33. The molecular weight excluding hydrogens is 326 g/mol. The Balaban J connectivity index is 1.98. The number of aliphatic hydroxyl groups excluding tert-OH is 1. The van der Waals surface area contributed by atoms with Crippen LogP contribution in [0.25, 0.3) is 0 Å². The first-order valence-electron chi connectivity index (χ1n) is 7.84.